The molecule has 0 unspecified atom stereocenters. The summed E-state index contributed by atoms with van der Waals surface area (Å²) in [5.74, 6) is 2.99. The summed E-state index contributed by atoms with van der Waals surface area (Å²) in [6.07, 6.45) is 0.670. The van der Waals surface area contributed by atoms with Gasteiger partial charge in [-0.25, -0.2) is 4.79 Å². The highest BCUT2D eigenvalue weighted by atomic mass is 32.2. The van der Waals surface area contributed by atoms with Gasteiger partial charge in [0.25, 0.3) is 0 Å². The van der Waals surface area contributed by atoms with Crippen LogP contribution in [-0.4, -0.2) is 42.7 Å². The van der Waals surface area contributed by atoms with Gasteiger partial charge in [0.15, 0.2) is 11.5 Å². The second kappa shape index (κ2) is 11.2. The van der Waals surface area contributed by atoms with Crippen molar-refractivity contribution < 1.29 is 24.1 Å². The van der Waals surface area contributed by atoms with Gasteiger partial charge in [0.1, 0.15) is 11.5 Å². The number of rotatable bonds is 9. The molecule has 186 valence electrons. The summed E-state index contributed by atoms with van der Waals surface area (Å²) >= 11 is 1.66. The Hall–Kier alpha value is -3.91. The minimum atomic E-state index is -0.994. The molecule has 0 aliphatic heterocycles. The van der Waals surface area contributed by atoms with E-state index >= 15 is 0 Å². The second-order valence-electron chi connectivity index (χ2n) is 8.18. The van der Waals surface area contributed by atoms with Crippen LogP contribution in [0.4, 0.5) is 10.5 Å². The molecule has 1 N–H and O–H groups in total. The maximum atomic E-state index is 12.0. The predicted octanol–water partition coefficient (Wildman–Crippen LogP) is 6.94. The van der Waals surface area contributed by atoms with E-state index in [1.165, 1.54) is 20.9 Å². The zero-order valence-electron chi connectivity index (χ0n) is 20.6. The Labute approximate surface area is 214 Å². The van der Waals surface area contributed by atoms with Crippen LogP contribution < -0.4 is 19.1 Å². The molecule has 4 rings (SSSR count). The third-order valence-corrected chi connectivity index (χ3v) is 6.87. The van der Waals surface area contributed by atoms with Crippen molar-refractivity contribution in [2.75, 3.05) is 31.4 Å². The fraction of sp³-hybridized carbons (Fsp3) is 0.214. The van der Waals surface area contributed by atoms with Crippen molar-refractivity contribution >= 4 is 34.4 Å². The van der Waals surface area contributed by atoms with E-state index in [1.807, 2.05) is 6.07 Å². The predicted molar refractivity (Wildman–Crippen MR) is 143 cm³/mol. The van der Waals surface area contributed by atoms with Gasteiger partial charge in [-0.2, -0.15) is 0 Å². The Morgan fingerprint density at radius 1 is 0.944 bits per heavy atom. The van der Waals surface area contributed by atoms with Crippen LogP contribution in [0.1, 0.15) is 11.1 Å². The van der Waals surface area contributed by atoms with Gasteiger partial charge in [0, 0.05) is 40.5 Å². The van der Waals surface area contributed by atoms with Crippen LogP contribution in [0, 0.1) is 13.8 Å². The third kappa shape index (κ3) is 5.66. The fourth-order valence-electron chi connectivity index (χ4n) is 3.80. The van der Waals surface area contributed by atoms with E-state index in [4.69, 9.17) is 14.2 Å². The molecule has 0 atom stereocenters. The summed E-state index contributed by atoms with van der Waals surface area (Å²) in [6, 6.07) is 18.7. The minimum absolute atomic E-state index is 0.365. The Morgan fingerprint density at radius 3 is 2.36 bits per heavy atom. The molecule has 0 aliphatic carbocycles. The van der Waals surface area contributed by atoms with Crippen molar-refractivity contribution in [2.24, 2.45) is 0 Å². The smallest absolute Gasteiger partial charge is 0.411 e. The molecule has 0 spiro atoms. The highest BCUT2D eigenvalue weighted by molar-refractivity contribution is 7.99. The number of nitrogens with zero attached hydrogens (tertiary/aromatic N) is 2. The Bertz CT molecular complexity index is 1370. The molecule has 0 saturated carbocycles. The normalized spacial score (nSPS) is 10.8. The number of aryl methyl sites for hydroxylation is 2. The number of benzene rings is 3. The van der Waals surface area contributed by atoms with Crippen LogP contribution in [0.2, 0.25) is 0 Å². The van der Waals surface area contributed by atoms with Crippen LogP contribution in [0.25, 0.3) is 10.9 Å². The highest BCUT2D eigenvalue weighted by Gasteiger charge is 2.16. The van der Waals surface area contributed by atoms with Crippen molar-refractivity contribution in [2.45, 2.75) is 18.7 Å². The van der Waals surface area contributed by atoms with Gasteiger partial charge in [-0.3, -0.25) is 9.88 Å². The number of methoxy groups -OCH3 is 2. The molecule has 1 heterocycles. The molecular weight excluding hydrogens is 476 g/mol. The molecule has 0 bridgehead atoms. The highest BCUT2D eigenvalue weighted by Crippen LogP contribution is 2.37. The average Bonchev–Trinajstić information content (AvgIpc) is 2.88. The van der Waals surface area contributed by atoms with E-state index in [-0.39, 0.29) is 0 Å². The minimum Gasteiger partial charge on any atom is -0.493 e. The molecule has 1 aromatic heterocycles. The van der Waals surface area contributed by atoms with Crippen LogP contribution >= 0.6 is 11.8 Å². The van der Waals surface area contributed by atoms with Gasteiger partial charge in [0.05, 0.1) is 19.7 Å². The molecule has 0 aliphatic rings. The largest absolute Gasteiger partial charge is 0.493 e. The van der Waals surface area contributed by atoms with E-state index in [0.717, 1.165) is 5.39 Å². The van der Waals surface area contributed by atoms with Crippen molar-refractivity contribution in [3.05, 3.63) is 78.0 Å². The number of aromatic nitrogens is 1. The van der Waals surface area contributed by atoms with Gasteiger partial charge in [-0.15, -0.1) is 11.8 Å². The Morgan fingerprint density at radius 2 is 1.67 bits per heavy atom. The van der Waals surface area contributed by atoms with E-state index in [9.17, 15) is 9.90 Å². The molecule has 1 amide bonds. The van der Waals surface area contributed by atoms with Gasteiger partial charge in [-0.1, -0.05) is 17.7 Å². The number of thioether (sulfide) groups is 1. The summed E-state index contributed by atoms with van der Waals surface area (Å²) < 4.78 is 16.9. The lowest BCUT2D eigenvalue weighted by molar-refractivity contribution is 0.202. The molecule has 8 heteroatoms. The number of carbonyl (C=O) groups is 1. The second-order valence-corrected chi connectivity index (χ2v) is 9.32. The lowest BCUT2D eigenvalue weighted by atomic mass is 10.2. The zero-order chi connectivity index (χ0) is 25.7. The number of anilines is 1. The van der Waals surface area contributed by atoms with E-state index < -0.39 is 6.09 Å². The molecule has 0 radical (unpaired) electrons. The quantitative estimate of drug-likeness (QED) is 0.247. The van der Waals surface area contributed by atoms with Gasteiger partial charge in [-0.05, 0) is 61.9 Å². The first-order valence-corrected chi connectivity index (χ1v) is 12.4. The zero-order valence-corrected chi connectivity index (χ0v) is 21.5. The van der Waals surface area contributed by atoms with Gasteiger partial charge >= 0.3 is 6.09 Å². The molecule has 4 aromatic rings. The number of amides is 1. The van der Waals surface area contributed by atoms with E-state index in [1.54, 1.807) is 68.6 Å². The maximum Gasteiger partial charge on any atom is 0.411 e. The molecule has 3 aromatic carbocycles. The number of ether oxygens (including phenoxy) is 3. The SMILES string of the molecule is COc1cc2nccc(Oc3ccc(N(CCSc4cc(C)ccc4C)C(=O)O)cc3)c2cc1OC. The molecule has 0 saturated heterocycles. The number of hydrogen-bond donors (Lipinski definition) is 1. The third-order valence-electron chi connectivity index (χ3n) is 5.73. The van der Waals surface area contributed by atoms with Crippen molar-refractivity contribution in [1.29, 1.82) is 0 Å². The Kier molecular flexibility index (Phi) is 7.85. The van der Waals surface area contributed by atoms with E-state index in [0.29, 0.717) is 46.5 Å². The number of carboxylic acid groups (broad SMARTS) is 1. The monoisotopic (exact) mass is 504 g/mol. The van der Waals surface area contributed by atoms with Crippen LogP contribution in [0.5, 0.6) is 23.0 Å². The van der Waals surface area contributed by atoms with Crippen LogP contribution in [0.15, 0.2) is 71.8 Å². The first-order valence-electron chi connectivity index (χ1n) is 11.4. The molecule has 7 nitrogen and oxygen atoms in total. The van der Waals surface area contributed by atoms with Crippen molar-refractivity contribution in [3.63, 3.8) is 0 Å². The number of pyridine rings is 1. The van der Waals surface area contributed by atoms with Crippen molar-refractivity contribution in [1.82, 2.24) is 4.98 Å². The summed E-state index contributed by atoms with van der Waals surface area (Å²) in [5.41, 5.74) is 3.67. The van der Waals surface area contributed by atoms with Crippen molar-refractivity contribution in [3.8, 4) is 23.0 Å². The van der Waals surface area contributed by atoms with E-state index in [2.05, 4.69) is 37.0 Å². The topological polar surface area (TPSA) is 81.1 Å². The van der Waals surface area contributed by atoms with Gasteiger partial charge < -0.3 is 19.3 Å². The standard InChI is InChI=1S/C28H28N2O5S/c1-18-5-6-19(2)27(15-18)36-14-13-30(28(31)32)20-7-9-21(10-8-20)35-24-11-12-29-23-17-26(34-4)25(33-3)16-22(23)24/h5-12,15-17H,13-14H2,1-4H3,(H,31,32). The van der Waals surface area contributed by atoms with Gasteiger partial charge in [0.2, 0.25) is 0 Å². The lowest BCUT2D eigenvalue weighted by Crippen LogP contribution is -2.31. The van der Waals surface area contributed by atoms with Crippen LogP contribution in [0.3, 0.4) is 0 Å². The average molecular weight is 505 g/mol. The molecule has 36 heavy (non-hydrogen) atoms. The first-order chi connectivity index (χ1) is 17.4. The maximum absolute atomic E-state index is 12.0. The molecule has 0 fully saturated rings. The fourth-order valence-corrected chi connectivity index (χ4v) is 4.86. The number of fused-ring (bicyclic) bond motifs is 1. The summed E-state index contributed by atoms with van der Waals surface area (Å²) in [4.78, 5) is 18.9. The Balaban J connectivity index is 1.49. The summed E-state index contributed by atoms with van der Waals surface area (Å²) in [7, 11) is 3.16. The summed E-state index contributed by atoms with van der Waals surface area (Å²) in [5, 5.41) is 10.6. The van der Waals surface area contributed by atoms with Crippen LogP contribution in [-0.2, 0) is 0 Å². The number of hydrogen-bond acceptors (Lipinski definition) is 6. The lowest BCUT2D eigenvalue weighted by Gasteiger charge is -2.20. The summed E-state index contributed by atoms with van der Waals surface area (Å²) in [6.45, 7) is 4.48. The molecular formula is C28H28N2O5S. The first kappa shape index (κ1) is 25.2.